The molecule has 0 aromatic carbocycles. The first-order valence-corrected chi connectivity index (χ1v) is 4.43. The number of carbonyl (C=O) groups is 1. The predicted octanol–water partition coefficient (Wildman–Crippen LogP) is 1.09. The van der Waals surface area contributed by atoms with Crippen molar-refractivity contribution < 1.29 is 4.79 Å². The number of rotatable bonds is 1. The fourth-order valence-corrected chi connectivity index (χ4v) is 1.60. The highest BCUT2D eigenvalue weighted by atomic mass is 16.1. The van der Waals surface area contributed by atoms with Crippen molar-refractivity contribution in [3.8, 4) is 0 Å². The summed E-state index contributed by atoms with van der Waals surface area (Å²) < 4.78 is 1.68. The number of fused-ring (bicyclic) bond motifs is 3. The summed E-state index contributed by atoms with van der Waals surface area (Å²) in [5.41, 5.74) is 1.98. The van der Waals surface area contributed by atoms with E-state index in [2.05, 4.69) is 15.1 Å². The summed E-state index contributed by atoms with van der Waals surface area (Å²) in [6, 6.07) is 3.62. The van der Waals surface area contributed by atoms with Crippen LogP contribution in [0.5, 0.6) is 0 Å². The van der Waals surface area contributed by atoms with Gasteiger partial charge in [-0.05, 0) is 6.07 Å². The maximum absolute atomic E-state index is 10.8. The topological polar surface area (TPSA) is 60.2 Å². The van der Waals surface area contributed by atoms with Crippen molar-refractivity contribution in [1.29, 1.82) is 0 Å². The largest absolute Gasteiger partial charge is 0.296 e. The minimum Gasteiger partial charge on any atom is -0.296 e. The lowest BCUT2D eigenvalue weighted by molar-refractivity contribution is 0.112. The Morgan fingerprint density at radius 2 is 2.13 bits per heavy atom. The van der Waals surface area contributed by atoms with Gasteiger partial charge in [-0.3, -0.25) is 9.78 Å². The molecule has 0 saturated heterocycles. The van der Waals surface area contributed by atoms with E-state index in [-0.39, 0.29) is 0 Å². The van der Waals surface area contributed by atoms with Crippen molar-refractivity contribution in [3.63, 3.8) is 0 Å². The second-order valence-corrected chi connectivity index (χ2v) is 3.11. The van der Waals surface area contributed by atoms with E-state index in [4.69, 9.17) is 0 Å². The van der Waals surface area contributed by atoms with Crippen molar-refractivity contribution in [2.45, 2.75) is 0 Å². The molecule has 0 aliphatic carbocycles. The molecule has 0 amide bonds. The van der Waals surface area contributed by atoms with Gasteiger partial charge in [0.25, 0.3) is 0 Å². The zero-order chi connectivity index (χ0) is 10.3. The molecular formula is C10H6N4O. The third-order valence-corrected chi connectivity index (χ3v) is 2.29. The minimum atomic E-state index is 0.386. The lowest BCUT2D eigenvalue weighted by Crippen LogP contribution is -1.96. The van der Waals surface area contributed by atoms with Crippen LogP contribution in [0.15, 0.2) is 30.7 Å². The fourth-order valence-electron chi connectivity index (χ4n) is 1.60. The maximum Gasteiger partial charge on any atom is 0.169 e. The highest BCUT2D eigenvalue weighted by Crippen LogP contribution is 2.15. The molecule has 3 aromatic heterocycles. The third-order valence-electron chi connectivity index (χ3n) is 2.29. The van der Waals surface area contributed by atoms with Gasteiger partial charge in [-0.1, -0.05) is 0 Å². The predicted molar refractivity (Wildman–Crippen MR) is 53.7 cm³/mol. The van der Waals surface area contributed by atoms with Gasteiger partial charge in [-0.25, -0.2) is 9.50 Å². The molecule has 15 heavy (non-hydrogen) atoms. The molecular weight excluding hydrogens is 192 g/mol. The van der Waals surface area contributed by atoms with E-state index >= 15 is 0 Å². The molecule has 0 aliphatic rings. The van der Waals surface area contributed by atoms with Gasteiger partial charge in [0.2, 0.25) is 0 Å². The van der Waals surface area contributed by atoms with E-state index in [0.717, 1.165) is 17.5 Å². The van der Waals surface area contributed by atoms with Crippen molar-refractivity contribution in [1.82, 2.24) is 19.6 Å². The van der Waals surface area contributed by atoms with E-state index in [1.165, 1.54) is 0 Å². The summed E-state index contributed by atoms with van der Waals surface area (Å²) in [6.07, 6.45) is 5.62. The molecule has 0 bridgehead atoms. The van der Waals surface area contributed by atoms with Gasteiger partial charge in [0.05, 0.1) is 11.7 Å². The number of carbonyl (C=O) groups excluding carboxylic acids is 1. The molecule has 3 heterocycles. The molecule has 0 N–H and O–H groups in total. The van der Waals surface area contributed by atoms with E-state index in [9.17, 15) is 4.79 Å². The molecule has 5 heteroatoms. The van der Waals surface area contributed by atoms with Crippen LogP contribution in [-0.2, 0) is 0 Å². The molecule has 0 aliphatic heterocycles. The summed E-state index contributed by atoms with van der Waals surface area (Å²) in [5, 5.41) is 4.84. The molecule has 3 rings (SSSR count). The summed E-state index contributed by atoms with van der Waals surface area (Å²) in [7, 11) is 0. The summed E-state index contributed by atoms with van der Waals surface area (Å²) in [4.78, 5) is 18.9. The lowest BCUT2D eigenvalue weighted by atomic mass is 10.2. The van der Waals surface area contributed by atoms with Crippen LogP contribution >= 0.6 is 0 Å². The second kappa shape index (κ2) is 2.84. The van der Waals surface area contributed by atoms with Crippen molar-refractivity contribution in [2.75, 3.05) is 0 Å². The number of hydrogen-bond donors (Lipinski definition) is 0. The molecule has 0 atom stereocenters. The lowest BCUT2D eigenvalue weighted by Gasteiger charge is -2.01. The highest BCUT2D eigenvalue weighted by molar-refractivity contribution is 5.94. The van der Waals surface area contributed by atoms with Crippen LogP contribution in [0.2, 0.25) is 0 Å². The Kier molecular flexibility index (Phi) is 1.53. The smallest absolute Gasteiger partial charge is 0.169 e. The van der Waals surface area contributed by atoms with Crippen molar-refractivity contribution >= 4 is 22.8 Å². The third kappa shape index (κ3) is 1.03. The van der Waals surface area contributed by atoms with Crippen LogP contribution in [0.4, 0.5) is 0 Å². The maximum atomic E-state index is 10.8. The van der Waals surface area contributed by atoms with Crippen molar-refractivity contribution in [2.24, 2.45) is 0 Å². The summed E-state index contributed by atoms with van der Waals surface area (Å²) in [6.45, 7) is 0. The van der Waals surface area contributed by atoms with Gasteiger partial charge in [-0.2, -0.15) is 5.10 Å². The molecule has 0 radical (unpaired) electrons. The number of pyridine rings is 1. The zero-order valence-corrected chi connectivity index (χ0v) is 7.66. The molecule has 72 valence electrons. The Balaban J connectivity index is 2.59. The molecule has 3 aromatic rings. The summed E-state index contributed by atoms with van der Waals surface area (Å²) >= 11 is 0. The first-order chi connectivity index (χ1) is 7.40. The van der Waals surface area contributed by atoms with E-state index in [0.29, 0.717) is 11.1 Å². The van der Waals surface area contributed by atoms with Crippen LogP contribution < -0.4 is 0 Å². The quantitative estimate of drug-likeness (QED) is 0.549. The van der Waals surface area contributed by atoms with Gasteiger partial charge < -0.3 is 0 Å². The number of hydrogen-bond acceptors (Lipinski definition) is 4. The van der Waals surface area contributed by atoms with Crippen LogP contribution in [0, 0.1) is 0 Å². The second-order valence-electron chi connectivity index (χ2n) is 3.11. The Hall–Kier alpha value is -2.30. The van der Waals surface area contributed by atoms with Gasteiger partial charge in [-0.15, -0.1) is 0 Å². The van der Waals surface area contributed by atoms with E-state index < -0.39 is 0 Å². The minimum absolute atomic E-state index is 0.386. The normalized spacial score (nSPS) is 10.9. The van der Waals surface area contributed by atoms with Gasteiger partial charge in [0.1, 0.15) is 5.69 Å². The van der Waals surface area contributed by atoms with Gasteiger partial charge >= 0.3 is 0 Å². The number of aromatic nitrogens is 4. The fraction of sp³-hybridized carbons (Fsp3) is 0. The molecule has 0 fully saturated rings. The van der Waals surface area contributed by atoms with Crippen LogP contribution in [-0.4, -0.2) is 25.9 Å². The average Bonchev–Trinajstić information content (AvgIpc) is 2.76. The Morgan fingerprint density at radius 3 is 3.00 bits per heavy atom. The van der Waals surface area contributed by atoms with Crippen molar-refractivity contribution in [3.05, 3.63) is 36.4 Å². The highest BCUT2D eigenvalue weighted by Gasteiger charge is 2.05. The summed E-state index contributed by atoms with van der Waals surface area (Å²) in [5.74, 6) is 0. The van der Waals surface area contributed by atoms with E-state index in [1.807, 2.05) is 6.07 Å². The molecule has 0 saturated carbocycles. The molecule has 5 nitrogen and oxygen atoms in total. The van der Waals surface area contributed by atoms with Crippen LogP contribution in [0.1, 0.15) is 10.5 Å². The van der Waals surface area contributed by atoms with Gasteiger partial charge in [0.15, 0.2) is 11.9 Å². The van der Waals surface area contributed by atoms with Crippen LogP contribution in [0.3, 0.4) is 0 Å². The van der Waals surface area contributed by atoms with Crippen LogP contribution in [0.25, 0.3) is 16.6 Å². The number of aldehydes is 1. The Labute approximate surface area is 84.4 Å². The Morgan fingerprint density at radius 1 is 1.20 bits per heavy atom. The standard InChI is InChI=1S/C10H6N4O/c15-6-8-7-5-12-10-2-4-13-14(10)9(7)1-3-11-8/h1-6H. The monoisotopic (exact) mass is 198 g/mol. The zero-order valence-electron chi connectivity index (χ0n) is 7.66. The molecule has 0 unspecified atom stereocenters. The Bertz CT molecular complexity index is 659. The van der Waals surface area contributed by atoms with Gasteiger partial charge in [0, 0.05) is 23.8 Å². The average molecular weight is 198 g/mol. The SMILES string of the molecule is O=Cc1nccc2c1cnc1ccnn12. The first-order valence-electron chi connectivity index (χ1n) is 4.43. The molecule has 0 spiro atoms. The van der Waals surface area contributed by atoms with E-state index in [1.54, 1.807) is 29.2 Å². The first kappa shape index (κ1) is 8.05. The number of nitrogens with zero attached hydrogens (tertiary/aromatic N) is 4.